The van der Waals surface area contributed by atoms with E-state index in [1.807, 2.05) is 30.5 Å². The lowest BCUT2D eigenvalue weighted by molar-refractivity contribution is 0.102. The third-order valence-corrected chi connectivity index (χ3v) is 3.95. The predicted octanol–water partition coefficient (Wildman–Crippen LogP) is 3.05. The van der Waals surface area contributed by atoms with Crippen molar-refractivity contribution < 1.29 is 9.53 Å². The maximum atomic E-state index is 12.8. The molecule has 0 saturated carbocycles. The second kappa shape index (κ2) is 6.64. The van der Waals surface area contributed by atoms with Gasteiger partial charge in [-0.05, 0) is 36.4 Å². The van der Waals surface area contributed by atoms with Gasteiger partial charge in [0.1, 0.15) is 5.75 Å². The van der Waals surface area contributed by atoms with Gasteiger partial charge in [-0.3, -0.25) is 14.2 Å². The highest BCUT2D eigenvalue weighted by Gasteiger charge is 2.17. The zero-order chi connectivity index (χ0) is 17.9. The molecule has 0 radical (unpaired) electrons. The van der Waals surface area contributed by atoms with Gasteiger partial charge in [0.05, 0.1) is 18.4 Å². The molecule has 0 aliphatic carbocycles. The van der Waals surface area contributed by atoms with E-state index in [0.29, 0.717) is 28.5 Å². The van der Waals surface area contributed by atoms with E-state index in [4.69, 9.17) is 4.74 Å². The zero-order valence-electron chi connectivity index (χ0n) is 14.0. The number of carbonyl (C=O) groups is 1. The molecule has 3 aromatic heterocycles. The van der Waals surface area contributed by atoms with Gasteiger partial charge in [-0.1, -0.05) is 12.1 Å². The number of hydrogen-bond acceptors (Lipinski definition) is 5. The van der Waals surface area contributed by atoms with Gasteiger partial charge in [-0.15, -0.1) is 10.2 Å². The molecule has 7 heteroatoms. The molecular formula is C19H15N5O2. The topological polar surface area (TPSA) is 81.4 Å². The molecule has 1 N–H and O–H groups in total. The number of pyridine rings is 2. The van der Waals surface area contributed by atoms with Crippen molar-refractivity contribution in [3.05, 3.63) is 72.7 Å². The number of ether oxygens (including phenoxy) is 1. The van der Waals surface area contributed by atoms with Crippen LogP contribution >= 0.6 is 0 Å². The molecule has 128 valence electrons. The lowest BCUT2D eigenvalue weighted by Crippen LogP contribution is -2.14. The van der Waals surface area contributed by atoms with Crippen molar-refractivity contribution >= 4 is 17.2 Å². The van der Waals surface area contributed by atoms with Crippen LogP contribution < -0.4 is 10.1 Å². The van der Waals surface area contributed by atoms with E-state index in [1.54, 1.807) is 48.2 Å². The summed E-state index contributed by atoms with van der Waals surface area (Å²) in [5.41, 5.74) is 2.30. The van der Waals surface area contributed by atoms with Crippen molar-refractivity contribution in [1.82, 2.24) is 19.6 Å². The van der Waals surface area contributed by atoms with Crippen molar-refractivity contribution in [1.29, 1.82) is 0 Å². The Bertz CT molecular complexity index is 1080. The number of aromatic nitrogens is 4. The number of anilines is 1. The van der Waals surface area contributed by atoms with Crippen LogP contribution in [0.3, 0.4) is 0 Å². The van der Waals surface area contributed by atoms with E-state index in [1.165, 1.54) is 0 Å². The number of methoxy groups -OCH3 is 1. The molecule has 0 fully saturated rings. The number of nitrogens with zero attached hydrogens (tertiary/aromatic N) is 4. The summed E-state index contributed by atoms with van der Waals surface area (Å²) in [6, 6.07) is 14.5. The highest BCUT2D eigenvalue weighted by molar-refractivity contribution is 6.08. The highest BCUT2D eigenvalue weighted by Crippen LogP contribution is 2.25. The quantitative estimate of drug-likeness (QED) is 0.615. The molecule has 7 nitrogen and oxygen atoms in total. The van der Waals surface area contributed by atoms with Gasteiger partial charge in [0.15, 0.2) is 11.5 Å². The molecule has 0 spiro atoms. The molecule has 0 aliphatic heterocycles. The summed E-state index contributed by atoms with van der Waals surface area (Å²) in [5.74, 6) is 0.926. The summed E-state index contributed by atoms with van der Waals surface area (Å²) < 4.78 is 7.05. The van der Waals surface area contributed by atoms with Crippen LogP contribution in [0.1, 0.15) is 10.4 Å². The largest absolute Gasteiger partial charge is 0.495 e. The molecule has 0 saturated heterocycles. The Balaban J connectivity index is 1.73. The van der Waals surface area contributed by atoms with Crippen LogP contribution in [0.25, 0.3) is 17.0 Å². The van der Waals surface area contributed by atoms with Crippen molar-refractivity contribution in [2.75, 3.05) is 12.4 Å². The molecule has 0 aliphatic rings. The van der Waals surface area contributed by atoms with Crippen LogP contribution in [0, 0.1) is 0 Å². The van der Waals surface area contributed by atoms with E-state index < -0.39 is 0 Å². The normalized spacial score (nSPS) is 10.7. The van der Waals surface area contributed by atoms with Crippen molar-refractivity contribution in [2.45, 2.75) is 0 Å². The first-order valence-electron chi connectivity index (χ1n) is 7.96. The number of carbonyl (C=O) groups excluding carboxylic acids is 1. The van der Waals surface area contributed by atoms with Crippen LogP contribution in [0.4, 0.5) is 5.69 Å². The maximum Gasteiger partial charge on any atom is 0.259 e. The van der Waals surface area contributed by atoms with E-state index in [2.05, 4.69) is 20.5 Å². The number of fused-ring (bicyclic) bond motifs is 1. The lowest BCUT2D eigenvalue weighted by atomic mass is 10.2. The van der Waals surface area contributed by atoms with Crippen LogP contribution in [0.15, 0.2) is 67.1 Å². The van der Waals surface area contributed by atoms with E-state index >= 15 is 0 Å². The van der Waals surface area contributed by atoms with Gasteiger partial charge < -0.3 is 10.1 Å². The first kappa shape index (κ1) is 15.8. The number of rotatable bonds is 4. The Morgan fingerprint density at radius 1 is 1.08 bits per heavy atom. The first-order valence-corrected chi connectivity index (χ1v) is 7.96. The molecule has 1 amide bonds. The zero-order valence-corrected chi connectivity index (χ0v) is 14.0. The summed E-state index contributed by atoms with van der Waals surface area (Å²) in [4.78, 5) is 16.9. The van der Waals surface area contributed by atoms with Gasteiger partial charge in [-0.2, -0.15) is 0 Å². The minimum atomic E-state index is -0.287. The number of benzene rings is 1. The number of para-hydroxylation sites is 2. The van der Waals surface area contributed by atoms with Gasteiger partial charge >= 0.3 is 0 Å². The first-order chi connectivity index (χ1) is 12.8. The molecule has 0 unspecified atom stereocenters. The molecule has 3 heterocycles. The summed E-state index contributed by atoms with van der Waals surface area (Å²) >= 11 is 0. The Labute approximate surface area is 149 Å². The average molecular weight is 345 g/mol. The van der Waals surface area contributed by atoms with Crippen LogP contribution in [-0.4, -0.2) is 32.6 Å². The molecule has 26 heavy (non-hydrogen) atoms. The number of hydrogen-bond donors (Lipinski definition) is 1. The fourth-order valence-corrected chi connectivity index (χ4v) is 2.72. The Kier molecular flexibility index (Phi) is 4.03. The Morgan fingerprint density at radius 3 is 2.77 bits per heavy atom. The summed E-state index contributed by atoms with van der Waals surface area (Å²) in [7, 11) is 1.56. The summed E-state index contributed by atoms with van der Waals surface area (Å²) in [5, 5.41) is 11.3. The van der Waals surface area contributed by atoms with E-state index in [-0.39, 0.29) is 5.91 Å². The van der Waals surface area contributed by atoms with Gasteiger partial charge in [0.25, 0.3) is 5.91 Å². The second-order valence-electron chi connectivity index (χ2n) is 5.54. The van der Waals surface area contributed by atoms with E-state index in [9.17, 15) is 4.79 Å². The van der Waals surface area contributed by atoms with Crippen LogP contribution in [0.5, 0.6) is 5.75 Å². The van der Waals surface area contributed by atoms with Crippen molar-refractivity contribution in [3.8, 4) is 17.1 Å². The maximum absolute atomic E-state index is 12.8. The predicted molar refractivity (Wildman–Crippen MR) is 97.2 cm³/mol. The fraction of sp³-hybridized carbons (Fsp3) is 0.0526. The fourth-order valence-electron chi connectivity index (χ4n) is 2.72. The van der Waals surface area contributed by atoms with Gasteiger partial charge in [0, 0.05) is 24.2 Å². The SMILES string of the molecule is COc1ccccc1NC(=O)c1cccn2c(-c3cccnc3)nnc12. The standard InChI is InChI=1S/C19H15N5O2/c1-26-16-9-3-2-8-15(16)21-19(25)14-7-5-11-24-17(22-23-18(14)24)13-6-4-10-20-12-13/h2-12H,1H3,(H,21,25). The van der Waals surface area contributed by atoms with Crippen molar-refractivity contribution in [2.24, 2.45) is 0 Å². The molecule has 0 atom stereocenters. The molecule has 1 aromatic carbocycles. The van der Waals surface area contributed by atoms with E-state index in [0.717, 1.165) is 5.56 Å². The van der Waals surface area contributed by atoms with Gasteiger partial charge in [-0.25, -0.2) is 0 Å². The van der Waals surface area contributed by atoms with Crippen LogP contribution in [-0.2, 0) is 0 Å². The number of amides is 1. The van der Waals surface area contributed by atoms with Gasteiger partial charge in [0.2, 0.25) is 0 Å². The lowest BCUT2D eigenvalue weighted by Gasteiger charge is -2.10. The second-order valence-corrected chi connectivity index (χ2v) is 5.54. The number of nitrogens with one attached hydrogen (secondary N) is 1. The molecule has 4 rings (SSSR count). The highest BCUT2D eigenvalue weighted by atomic mass is 16.5. The summed E-state index contributed by atoms with van der Waals surface area (Å²) in [6.45, 7) is 0. The third-order valence-electron chi connectivity index (χ3n) is 3.95. The minimum absolute atomic E-state index is 0.287. The third kappa shape index (κ3) is 2.75. The van der Waals surface area contributed by atoms with Crippen LogP contribution in [0.2, 0.25) is 0 Å². The average Bonchev–Trinajstić information content (AvgIpc) is 3.13. The monoisotopic (exact) mass is 345 g/mol. The Hall–Kier alpha value is -3.74. The summed E-state index contributed by atoms with van der Waals surface area (Å²) in [6.07, 6.45) is 5.22. The molecular weight excluding hydrogens is 330 g/mol. The minimum Gasteiger partial charge on any atom is -0.495 e. The Morgan fingerprint density at radius 2 is 1.96 bits per heavy atom. The smallest absolute Gasteiger partial charge is 0.259 e. The molecule has 4 aromatic rings. The molecule has 0 bridgehead atoms. The van der Waals surface area contributed by atoms with Crippen molar-refractivity contribution in [3.63, 3.8) is 0 Å².